The first kappa shape index (κ1) is 21.2. The van der Waals surface area contributed by atoms with Gasteiger partial charge in [-0.1, -0.05) is 13.8 Å². The van der Waals surface area contributed by atoms with Crippen molar-refractivity contribution in [1.82, 2.24) is 20.9 Å². The van der Waals surface area contributed by atoms with E-state index in [0.717, 1.165) is 45.2 Å². The van der Waals surface area contributed by atoms with Gasteiger partial charge in [0.2, 0.25) is 5.91 Å². The molecule has 0 spiro atoms. The number of carbonyl (C=O) groups is 1. The summed E-state index contributed by atoms with van der Waals surface area (Å²) in [5.41, 5.74) is 0. The SMILES string of the molecule is CCNC(=NCC(=O)NCc1ccco1)NCC(C(C)C)N1CCOCC1. The van der Waals surface area contributed by atoms with Gasteiger partial charge in [-0.05, 0) is 25.0 Å². The second-order valence-electron chi connectivity index (χ2n) is 6.89. The molecule has 1 unspecified atom stereocenters. The van der Waals surface area contributed by atoms with E-state index in [1.54, 1.807) is 12.3 Å². The first-order valence-corrected chi connectivity index (χ1v) is 9.73. The third-order valence-corrected chi connectivity index (χ3v) is 4.53. The second kappa shape index (κ2) is 11.6. The molecule has 0 radical (unpaired) electrons. The van der Waals surface area contributed by atoms with Crippen molar-refractivity contribution in [3.63, 3.8) is 0 Å². The molecule has 1 amide bonds. The lowest BCUT2D eigenvalue weighted by Crippen LogP contribution is -2.52. The van der Waals surface area contributed by atoms with Gasteiger partial charge < -0.3 is 25.1 Å². The van der Waals surface area contributed by atoms with Gasteiger partial charge in [-0.15, -0.1) is 0 Å². The normalized spacial score (nSPS) is 17.0. The molecule has 1 aliphatic rings. The van der Waals surface area contributed by atoms with Crippen LogP contribution in [0.5, 0.6) is 0 Å². The van der Waals surface area contributed by atoms with E-state index in [-0.39, 0.29) is 12.5 Å². The van der Waals surface area contributed by atoms with Crippen LogP contribution in [0.4, 0.5) is 0 Å². The van der Waals surface area contributed by atoms with Crippen LogP contribution in [-0.2, 0) is 16.1 Å². The van der Waals surface area contributed by atoms with Crippen LogP contribution in [0.2, 0.25) is 0 Å². The fourth-order valence-electron chi connectivity index (χ4n) is 3.04. The molecule has 0 aromatic carbocycles. The first-order chi connectivity index (χ1) is 13.1. The molecule has 2 heterocycles. The Bertz CT molecular complexity index is 568. The molecule has 0 saturated carbocycles. The second-order valence-corrected chi connectivity index (χ2v) is 6.89. The Hall–Kier alpha value is -2.06. The van der Waals surface area contributed by atoms with Crippen molar-refractivity contribution >= 4 is 11.9 Å². The van der Waals surface area contributed by atoms with E-state index in [9.17, 15) is 4.79 Å². The summed E-state index contributed by atoms with van der Waals surface area (Å²) >= 11 is 0. The zero-order valence-electron chi connectivity index (χ0n) is 16.7. The van der Waals surface area contributed by atoms with Gasteiger partial charge in [0.1, 0.15) is 12.3 Å². The number of hydrogen-bond donors (Lipinski definition) is 3. The molecule has 27 heavy (non-hydrogen) atoms. The van der Waals surface area contributed by atoms with Gasteiger partial charge in [-0.2, -0.15) is 0 Å². The highest BCUT2D eigenvalue weighted by Crippen LogP contribution is 2.12. The molecular formula is C19H33N5O3. The molecular weight excluding hydrogens is 346 g/mol. The Kier molecular flexibility index (Phi) is 9.13. The third-order valence-electron chi connectivity index (χ3n) is 4.53. The predicted octanol–water partition coefficient (Wildman–Crippen LogP) is 0.808. The lowest BCUT2D eigenvalue weighted by Gasteiger charge is -2.37. The number of furan rings is 1. The monoisotopic (exact) mass is 379 g/mol. The number of guanidine groups is 1. The van der Waals surface area contributed by atoms with Gasteiger partial charge >= 0.3 is 0 Å². The Balaban J connectivity index is 1.82. The summed E-state index contributed by atoms with van der Waals surface area (Å²) in [7, 11) is 0. The quantitative estimate of drug-likeness (QED) is 0.434. The van der Waals surface area contributed by atoms with Crippen LogP contribution in [0.15, 0.2) is 27.8 Å². The molecule has 152 valence electrons. The van der Waals surface area contributed by atoms with Crippen LogP contribution in [0.25, 0.3) is 0 Å². The van der Waals surface area contributed by atoms with Gasteiger partial charge in [0.15, 0.2) is 5.96 Å². The summed E-state index contributed by atoms with van der Waals surface area (Å²) in [6, 6.07) is 4.02. The van der Waals surface area contributed by atoms with Crippen LogP contribution >= 0.6 is 0 Å². The molecule has 1 saturated heterocycles. The van der Waals surface area contributed by atoms with E-state index in [1.807, 2.05) is 13.0 Å². The van der Waals surface area contributed by atoms with Crippen LogP contribution in [0.1, 0.15) is 26.5 Å². The maximum atomic E-state index is 12.0. The van der Waals surface area contributed by atoms with E-state index < -0.39 is 0 Å². The van der Waals surface area contributed by atoms with Crippen molar-refractivity contribution in [2.24, 2.45) is 10.9 Å². The van der Waals surface area contributed by atoms with Gasteiger partial charge in [0.25, 0.3) is 0 Å². The maximum absolute atomic E-state index is 12.0. The number of nitrogens with zero attached hydrogens (tertiary/aromatic N) is 2. The Morgan fingerprint density at radius 2 is 2.04 bits per heavy atom. The Morgan fingerprint density at radius 1 is 1.26 bits per heavy atom. The maximum Gasteiger partial charge on any atom is 0.242 e. The topological polar surface area (TPSA) is 91.1 Å². The summed E-state index contributed by atoms with van der Waals surface area (Å²) in [6.07, 6.45) is 1.59. The number of hydrogen-bond acceptors (Lipinski definition) is 5. The van der Waals surface area contributed by atoms with Gasteiger partial charge in [0, 0.05) is 32.2 Å². The fourth-order valence-corrected chi connectivity index (χ4v) is 3.04. The van der Waals surface area contributed by atoms with Crippen molar-refractivity contribution in [2.75, 3.05) is 45.9 Å². The highest BCUT2D eigenvalue weighted by Gasteiger charge is 2.23. The molecule has 1 aromatic heterocycles. The minimum absolute atomic E-state index is 0.0694. The van der Waals surface area contributed by atoms with Gasteiger partial charge in [-0.3, -0.25) is 9.69 Å². The van der Waals surface area contributed by atoms with E-state index in [1.165, 1.54) is 0 Å². The Labute approximate surface area is 161 Å². The number of amides is 1. The average Bonchev–Trinajstić information content (AvgIpc) is 3.18. The van der Waals surface area contributed by atoms with Gasteiger partial charge in [0.05, 0.1) is 26.0 Å². The Morgan fingerprint density at radius 3 is 2.67 bits per heavy atom. The van der Waals surface area contributed by atoms with E-state index in [2.05, 4.69) is 39.7 Å². The standard InChI is InChI=1S/C19H33N5O3/c1-4-20-19(23-14-18(25)21-12-16-6-5-9-27-16)22-13-17(15(2)3)24-7-10-26-11-8-24/h5-6,9,15,17H,4,7-8,10-14H2,1-3H3,(H,21,25)(H2,20,22,23). The van der Waals surface area contributed by atoms with Crippen molar-refractivity contribution in [2.45, 2.75) is 33.4 Å². The molecule has 3 N–H and O–H groups in total. The smallest absolute Gasteiger partial charge is 0.242 e. The number of nitrogens with one attached hydrogen (secondary N) is 3. The molecule has 1 fully saturated rings. The summed E-state index contributed by atoms with van der Waals surface area (Å²) in [4.78, 5) is 18.9. The van der Waals surface area contributed by atoms with Gasteiger partial charge in [-0.25, -0.2) is 4.99 Å². The van der Waals surface area contributed by atoms with Crippen molar-refractivity contribution in [3.05, 3.63) is 24.2 Å². The number of ether oxygens (including phenoxy) is 1. The predicted molar refractivity (Wildman–Crippen MR) is 106 cm³/mol. The molecule has 1 aliphatic heterocycles. The summed E-state index contributed by atoms with van der Waals surface area (Å²) in [5.74, 6) is 1.75. The molecule has 1 aromatic rings. The average molecular weight is 380 g/mol. The summed E-state index contributed by atoms with van der Waals surface area (Å²) in [5, 5.41) is 9.38. The van der Waals surface area contributed by atoms with E-state index >= 15 is 0 Å². The van der Waals surface area contributed by atoms with Crippen LogP contribution in [0, 0.1) is 5.92 Å². The number of rotatable bonds is 9. The van der Waals surface area contributed by atoms with Crippen molar-refractivity contribution in [1.29, 1.82) is 0 Å². The largest absolute Gasteiger partial charge is 0.467 e. The number of morpholine rings is 1. The molecule has 1 atom stereocenters. The van der Waals surface area contributed by atoms with Crippen molar-refractivity contribution in [3.8, 4) is 0 Å². The molecule has 8 nitrogen and oxygen atoms in total. The molecule has 0 aliphatic carbocycles. The van der Waals surface area contributed by atoms with Crippen LogP contribution < -0.4 is 16.0 Å². The van der Waals surface area contributed by atoms with E-state index in [0.29, 0.717) is 24.5 Å². The molecule has 0 bridgehead atoms. The zero-order chi connectivity index (χ0) is 19.5. The van der Waals surface area contributed by atoms with Crippen LogP contribution in [-0.4, -0.2) is 68.7 Å². The van der Waals surface area contributed by atoms with Crippen LogP contribution in [0.3, 0.4) is 0 Å². The number of aliphatic imine (C=N–C) groups is 1. The summed E-state index contributed by atoms with van der Waals surface area (Å²) in [6.45, 7) is 11.9. The lowest BCUT2D eigenvalue weighted by molar-refractivity contribution is -0.119. The lowest BCUT2D eigenvalue weighted by atomic mass is 10.0. The highest BCUT2D eigenvalue weighted by atomic mass is 16.5. The van der Waals surface area contributed by atoms with E-state index in [4.69, 9.17) is 9.15 Å². The number of carbonyl (C=O) groups excluding carboxylic acids is 1. The first-order valence-electron chi connectivity index (χ1n) is 9.73. The fraction of sp³-hybridized carbons (Fsp3) is 0.684. The van der Waals surface area contributed by atoms with Crippen molar-refractivity contribution < 1.29 is 13.9 Å². The zero-order valence-corrected chi connectivity index (χ0v) is 16.7. The molecule has 2 rings (SSSR count). The summed E-state index contributed by atoms with van der Waals surface area (Å²) < 4.78 is 10.7. The third kappa shape index (κ3) is 7.60. The highest BCUT2D eigenvalue weighted by molar-refractivity contribution is 5.84. The minimum Gasteiger partial charge on any atom is -0.467 e. The molecule has 8 heteroatoms. The minimum atomic E-state index is -0.141.